The van der Waals surface area contributed by atoms with Crippen LogP contribution in [0.1, 0.15) is 128 Å². The first-order chi connectivity index (χ1) is 15.9. The zero-order valence-electron chi connectivity index (χ0n) is 22.6. The van der Waals surface area contributed by atoms with E-state index < -0.39 is 15.4 Å². The maximum atomic E-state index is 11.6. The second-order valence-electron chi connectivity index (χ2n) is 9.48. The number of aryl methyl sites for hydroxylation is 2. The van der Waals surface area contributed by atoms with Gasteiger partial charge in [-0.3, -0.25) is 0 Å². The number of unbranched alkanes of at least 4 members (excludes halogenated alkanes) is 12. The molecule has 1 unspecified atom stereocenters. The van der Waals surface area contributed by atoms with Crippen LogP contribution in [0.5, 0.6) is 5.75 Å². The van der Waals surface area contributed by atoms with E-state index in [0.29, 0.717) is 0 Å². The molecule has 1 rings (SSSR count). The van der Waals surface area contributed by atoms with Gasteiger partial charge in [-0.1, -0.05) is 116 Å². The average Bonchev–Trinajstić information content (AvgIpc) is 2.78. The van der Waals surface area contributed by atoms with Crippen LogP contribution in [0.25, 0.3) is 0 Å². The first-order valence-corrected chi connectivity index (χ1v) is 15.1. The van der Waals surface area contributed by atoms with Crippen molar-refractivity contribution in [3.05, 3.63) is 29.3 Å². The third-order valence-electron chi connectivity index (χ3n) is 6.55. The van der Waals surface area contributed by atoms with Crippen molar-refractivity contribution in [1.29, 1.82) is 0 Å². The fourth-order valence-electron chi connectivity index (χ4n) is 4.34. The fourth-order valence-corrected chi connectivity index (χ4v) is 4.99. The number of rotatable bonds is 21. The Kier molecular flexibility index (Phi) is 21.0. The number of ether oxygens (including phenoxy) is 1. The quantitative estimate of drug-likeness (QED) is 0.135. The van der Waals surface area contributed by atoms with Crippen molar-refractivity contribution >= 4 is 10.1 Å². The zero-order chi connectivity index (χ0) is 24.4. The number of hydrogen-bond acceptors (Lipinski definition) is 4. The van der Waals surface area contributed by atoms with Crippen LogP contribution in [0.2, 0.25) is 0 Å². The maximum Gasteiger partial charge on any atom is 1.00 e. The molecule has 0 saturated carbocycles. The Morgan fingerprint density at radius 1 is 0.735 bits per heavy atom. The first kappa shape index (κ1) is 33.9. The Hall–Kier alpha value is -0.0700. The summed E-state index contributed by atoms with van der Waals surface area (Å²) in [6.45, 7) is 6.15. The van der Waals surface area contributed by atoms with Gasteiger partial charge >= 0.3 is 29.6 Å². The zero-order valence-corrected chi connectivity index (χ0v) is 25.4. The van der Waals surface area contributed by atoms with Gasteiger partial charge in [0.1, 0.15) is 22.5 Å². The van der Waals surface area contributed by atoms with E-state index in [0.717, 1.165) is 42.6 Å². The van der Waals surface area contributed by atoms with Gasteiger partial charge in [0.25, 0.3) is 0 Å². The third-order valence-corrected chi connectivity index (χ3v) is 7.84. The molecular formula is C28H49NaO4S. The van der Waals surface area contributed by atoms with Crippen molar-refractivity contribution < 1.29 is 47.3 Å². The van der Waals surface area contributed by atoms with Crippen molar-refractivity contribution in [2.24, 2.45) is 0 Å². The normalized spacial score (nSPS) is 12.4. The molecule has 0 heterocycles. The van der Waals surface area contributed by atoms with E-state index in [1.165, 1.54) is 77.0 Å². The Morgan fingerprint density at radius 2 is 1.15 bits per heavy atom. The molecule has 0 aromatic heterocycles. The van der Waals surface area contributed by atoms with Gasteiger partial charge in [0.15, 0.2) is 0 Å². The van der Waals surface area contributed by atoms with Gasteiger partial charge in [-0.2, -0.15) is 0 Å². The van der Waals surface area contributed by atoms with E-state index in [9.17, 15) is 13.0 Å². The van der Waals surface area contributed by atoms with Gasteiger partial charge in [0.05, 0.1) is 5.25 Å². The summed E-state index contributed by atoms with van der Waals surface area (Å²) < 4.78 is 40.8. The molecule has 1 atom stereocenters. The molecule has 0 aliphatic rings. The summed E-state index contributed by atoms with van der Waals surface area (Å²) in [7, 11) is -4.35. The molecule has 34 heavy (non-hydrogen) atoms. The Bertz CT molecular complexity index is 685. The summed E-state index contributed by atoms with van der Waals surface area (Å²) in [4.78, 5) is 0. The van der Waals surface area contributed by atoms with Crippen LogP contribution < -0.4 is 34.3 Å². The van der Waals surface area contributed by atoms with Gasteiger partial charge in [-0.15, -0.1) is 0 Å². The molecule has 0 N–H and O–H groups in total. The summed E-state index contributed by atoms with van der Waals surface area (Å²) in [5, 5.41) is -0.990. The molecule has 1 aromatic rings. The molecule has 6 heteroatoms. The average molecular weight is 505 g/mol. The van der Waals surface area contributed by atoms with Gasteiger partial charge in [-0.05, 0) is 43.2 Å². The largest absolute Gasteiger partial charge is 1.00 e. The van der Waals surface area contributed by atoms with Crippen LogP contribution in [-0.2, 0) is 23.0 Å². The van der Waals surface area contributed by atoms with E-state index in [1.807, 2.05) is 0 Å². The molecule has 4 nitrogen and oxygen atoms in total. The van der Waals surface area contributed by atoms with Crippen LogP contribution in [0.15, 0.2) is 18.2 Å². The number of hydrogen-bond donors (Lipinski definition) is 0. The van der Waals surface area contributed by atoms with Gasteiger partial charge in [0, 0.05) is 0 Å². The van der Waals surface area contributed by atoms with Crippen molar-refractivity contribution in [2.45, 2.75) is 135 Å². The molecular weight excluding hydrogens is 455 g/mol. The standard InChI is InChI=1S/C28H50O4S.Na/c1-4-7-9-11-13-15-17-20-25-22-19-23-26(21-18-16-14-12-10-8-5-2)28(25)32-24-27(6-3)33(29,30)31;/h19,22-23,27H,4-18,20-21,24H2,1-3H3,(H,29,30,31);/q;+1/p-1. The number of para-hydroxylation sites is 1. The Labute approximate surface area is 233 Å². The Morgan fingerprint density at radius 3 is 1.53 bits per heavy atom. The van der Waals surface area contributed by atoms with Gasteiger partial charge in [-0.25, -0.2) is 8.42 Å². The third kappa shape index (κ3) is 15.1. The molecule has 0 saturated heterocycles. The summed E-state index contributed by atoms with van der Waals surface area (Å²) in [6.07, 6.45) is 19.7. The summed E-state index contributed by atoms with van der Waals surface area (Å²) >= 11 is 0. The van der Waals surface area contributed by atoms with Crippen molar-refractivity contribution in [1.82, 2.24) is 0 Å². The first-order valence-electron chi connectivity index (χ1n) is 13.6. The van der Waals surface area contributed by atoms with Gasteiger partial charge < -0.3 is 9.29 Å². The second kappa shape index (κ2) is 21.1. The van der Waals surface area contributed by atoms with Crippen LogP contribution >= 0.6 is 0 Å². The summed E-state index contributed by atoms with van der Waals surface area (Å²) in [5.74, 6) is 0.830. The molecule has 0 amide bonds. The second-order valence-corrected chi connectivity index (χ2v) is 11.1. The van der Waals surface area contributed by atoms with E-state index in [1.54, 1.807) is 6.92 Å². The van der Waals surface area contributed by atoms with Crippen molar-refractivity contribution in [3.63, 3.8) is 0 Å². The smallest absolute Gasteiger partial charge is 0.748 e. The topological polar surface area (TPSA) is 66.4 Å². The maximum absolute atomic E-state index is 11.6. The predicted octanol–water partition coefficient (Wildman–Crippen LogP) is 4.98. The minimum atomic E-state index is -4.35. The predicted molar refractivity (Wildman–Crippen MR) is 139 cm³/mol. The molecule has 0 radical (unpaired) electrons. The molecule has 192 valence electrons. The SMILES string of the molecule is CCCCCCCCCc1cccc(CCCCCCCCC)c1OCC(CC)S(=O)(=O)[O-].[Na+]. The van der Waals surface area contributed by atoms with Crippen LogP contribution in [0, 0.1) is 0 Å². The van der Waals surface area contributed by atoms with Crippen LogP contribution in [0.4, 0.5) is 0 Å². The molecule has 0 spiro atoms. The molecule has 0 aliphatic heterocycles. The van der Waals surface area contributed by atoms with Crippen molar-refractivity contribution in [3.8, 4) is 5.75 Å². The van der Waals surface area contributed by atoms with E-state index in [2.05, 4.69) is 32.0 Å². The Balaban J connectivity index is 0.0000109. The summed E-state index contributed by atoms with van der Waals surface area (Å²) in [6, 6.07) is 6.31. The minimum absolute atomic E-state index is 0. The molecule has 1 aromatic carbocycles. The van der Waals surface area contributed by atoms with E-state index in [-0.39, 0.29) is 42.6 Å². The van der Waals surface area contributed by atoms with E-state index in [4.69, 9.17) is 4.74 Å². The van der Waals surface area contributed by atoms with E-state index >= 15 is 0 Å². The fraction of sp³-hybridized carbons (Fsp3) is 0.786. The summed E-state index contributed by atoms with van der Waals surface area (Å²) in [5.41, 5.74) is 2.31. The molecule has 0 aliphatic carbocycles. The minimum Gasteiger partial charge on any atom is -0.748 e. The monoisotopic (exact) mass is 504 g/mol. The van der Waals surface area contributed by atoms with Crippen molar-refractivity contribution in [2.75, 3.05) is 6.61 Å². The molecule has 0 bridgehead atoms. The molecule has 0 fully saturated rings. The van der Waals surface area contributed by atoms with Gasteiger partial charge in [0.2, 0.25) is 0 Å². The van der Waals surface area contributed by atoms with Crippen LogP contribution in [-0.4, -0.2) is 24.8 Å². The van der Waals surface area contributed by atoms with Crippen LogP contribution in [0.3, 0.4) is 0 Å². The number of benzene rings is 1.